The van der Waals surface area contributed by atoms with Crippen LogP contribution in [0.3, 0.4) is 0 Å². The molecule has 0 spiro atoms. The first kappa shape index (κ1) is 32.9. The van der Waals surface area contributed by atoms with Gasteiger partial charge in [-0.15, -0.1) is 0 Å². The molecule has 0 amide bonds. The molecule has 0 aliphatic carbocycles. The molecule has 176 valence electrons. The van der Waals surface area contributed by atoms with Crippen LogP contribution < -0.4 is 29.6 Å². The summed E-state index contributed by atoms with van der Waals surface area (Å²) in [7, 11) is -4.64. The van der Waals surface area contributed by atoms with Crippen molar-refractivity contribution in [3.63, 3.8) is 0 Å². The number of ether oxygens (including phenoxy) is 4. The molecule has 0 aromatic carbocycles. The van der Waals surface area contributed by atoms with Gasteiger partial charge < -0.3 is 23.5 Å². The van der Waals surface area contributed by atoms with Gasteiger partial charge in [0, 0.05) is 6.61 Å². The normalized spacial score (nSPS) is 11.5. The largest absolute Gasteiger partial charge is 1.00 e. The van der Waals surface area contributed by atoms with Crippen LogP contribution in [-0.2, 0) is 33.5 Å². The fourth-order valence-corrected chi connectivity index (χ4v) is 2.92. The van der Waals surface area contributed by atoms with Crippen LogP contribution in [0.15, 0.2) is 0 Å². The van der Waals surface area contributed by atoms with E-state index in [9.17, 15) is 13.0 Å². The van der Waals surface area contributed by atoms with Gasteiger partial charge in [-0.05, 0) is 6.42 Å². The molecule has 0 N–H and O–H groups in total. The van der Waals surface area contributed by atoms with Gasteiger partial charge in [-0.25, -0.2) is 8.42 Å². The van der Waals surface area contributed by atoms with Crippen LogP contribution in [0.4, 0.5) is 0 Å². The summed E-state index contributed by atoms with van der Waals surface area (Å²) in [4.78, 5) is 0. The number of hydrogen-bond acceptors (Lipinski definition) is 8. The summed E-state index contributed by atoms with van der Waals surface area (Å²) in [6.07, 6.45) is 13.2. The average molecular weight is 465 g/mol. The Labute approximate surface area is 205 Å². The molecule has 0 unspecified atom stereocenters. The van der Waals surface area contributed by atoms with Crippen LogP contribution in [0.5, 0.6) is 0 Å². The topological polar surface area (TPSA) is 103 Å². The molecule has 10 heteroatoms. The van der Waals surface area contributed by atoms with Crippen molar-refractivity contribution in [2.75, 3.05) is 59.5 Å². The second-order valence-corrected chi connectivity index (χ2v) is 7.91. The minimum Gasteiger partial charge on any atom is -0.726 e. The Morgan fingerprint density at radius 2 is 0.867 bits per heavy atom. The van der Waals surface area contributed by atoms with Crippen molar-refractivity contribution in [3.8, 4) is 0 Å². The van der Waals surface area contributed by atoms with Crippen molar-refractivity contribution < 1.29 is 65.7 Å². The van der Waals surface area contributed by atoms with Gasteiger partial charge in [0.2, 0.25) is 10.4 Å². The summed E-state index contributed by atoms with van der Waals surface area (Å²) in [5, 5.41) is 0. The van der Waals surface area contributed by atoms with Gasteiger partial charge in [-0.1, -0.05) is 64.7 Å². The van der Waals surface area contributed by atoms with Crippen molar-refractivity contribution in [1.29, 1.82) is 0 Å². The molecular weight excluding hydrogens is 423 g/mol. The zero-order valence-corrected chi connectivity index (χ0v) is 21.9. The van der Waals surface area contributed by atoms with Crippen LogP contribution in [0.25, 0.3) is 0 Å². The summed E-state index contributed by atoms with van der Waals surface area (Å²) in [5.41, 5.74) is 0. The minimum atomic E-state index is -4.64. The quantitative estimate of drug-likeness (QED) is 0.0878. The van der Waals surface area contributed by atoms with E-state index in [0.29, 0.717) is 39.6 Å². The molecule has 0 aromatic rings. The first-order chi connectivity index (χ1) is 14.1. The van der Waals surface area contributed by atoms with Gasteiger partial charge in [0.05, 0.1) is 52.9 Å². The molecule has 0 saturated carbocycles. The summed E-state index contributed by atoms with van der Waals surface area (Å²) in [6.45, 7) is 5.54. The van der Waals surface area contributed by atoms with Crippen LogP contribution in [0.2, 0.25) is 0 Å². The zero-order valence-electron chi connectivity index (χ0n) is 19.1. The van der Waals surface area contributed by atoms with E-state index in [1.807, 2.05) is 0 Å². The second kappa shape index (κ2) is 26.0. The monoisotopic (exact) mass is 464 g/mol. The van der Waals surface area contributed by atoms with Crippen LogP contribution in [-0.4, -0.2) is 72.4 Å². The van der Waals surface area contributed by atoms with Gasteiger partial charge in [0.25, 0.3) is 0 Å². The van der Waals surface area contributed by atoms with E-state index in [2.05, 4.69) is 11.1 Å². The van der Waals surface area contributed by atoms with Crippen molar-refractivity contribution >= 4 is 10.4 Å². The fourth-order valence-electron chi connectivity index (χ4n) is 2.65. The molecule has 0 atom stereocenters. The summed E-state index contributed by atoms with van der Waals surface area (Å²) in [6, 6.07) is 0. The maximum atomic E-state index is 10.2. The first-order valence-corrected chi connectivity index (χ1v) is 12.3. The van der Waals surface area contributed by atoms with Gasteiger partial charge in [0.15, 0.2) is 0 Å². The molecule has 0 fully saturated rings. The molecule has 0 radical (unpaired) electrons. The van der Waals surface area contributed by atoms with Crippen LogP contribution in [0.1, 0.15) is 71.1 Å². The van der Waals surface area contributed by atoms with Gasteiger partial charge in [0.1, 0.15) is 0 Å². The maximum Gasteiger partial charge on any atom is 1.00 e. The van der Waals surface area contributed by atoms with E-state index in [-0.39, 0.29) is 42.8 Å². The Bertz CT molecular complexity index is 423. The molecule has 0 aliphatic rings. The van der Waals surface area contributed by atoms with E-state index in [1.54, 1.807) is 0 Å². The maximum absolute atomic E-state index is 10.2. The Morgan fingerprint density at radius 3 is 1.27 bits per heavy atom. The third-order valence-corrected chi connectivity index (χ3v) is 4.67. The molecule has 0 rings (SSSR count). The van der Waals surface area contributed by atoms with Crippen molar-refractivity contribution in [2.45, 2.75) is 71.1 Å². The SMILES string of the molecule is CCCCCCCCCCCCOCCOCCOCCOCCOS(=O)(=O)[O-].[Na+]. The van der Waals surface area contributed by atoms with Gasteiger partial charge >= 0.3 is 29.6 Å². The van der Waals surface area contributed by atoms with Crippen molar-refractivity contribution in [1.82, 2.24) is 0 Å². The van der Waals surface area contributed by atoms with E-state index in [4.69, 9.17) is 18.9 Å². The van der Waals surface area contributed by atoms with E-state index < -0.39 is 10.4 Å². The van der Waals surface area contributed by atoms with E-state index in [0.717, 1.165) is 13.0 Å². The van der Waals surface area contributed by atoms with Crippen molar-refractivity contribution in [3.05, 3.63) is 0 Å². The zero-order chi connectivity index (χ0) is 21.5. The van der Waals surface area contributed by atoms with E-state index in [1.165, 1.54) is 57.8 Å². The predicted molar refractivity (Wildman–Crippen MR) is 111 cm³/mol. The molecule has 8 nitrogen and oxygen atoms in total. The second-order valence-electron chi connectivity index (χ2n) is 6.86. The molecule has 0 aliphatic heterocycles. The summed E-state index contributed by atoms with van der Waals surface area (Å²) >= 11 is 0. The summed E-state index contributed by atoms with van der Waals surface area (Å²) in [5.74, 6) is 0. The molecule has 0 saturated heterocycles. The van der Waals surface area contributed by atoms with Crippen molar-refractivity contribution in [2.24, 2.45) is 0 Å². The van der Waals surface area contributed by atoms with Gasteiger partial charge in [-0.3, -0.25) is 4.18 Å². The Balaban J connectivity index is 0. The molecular formula is C20H41NaO8S. The fraction of sp³-hybridized carbons (Fsp3) is 1.00. The molecule has 0 heterocycles. The third kappa shape index (κ3) is 30.9. The predicted octanol–water partition coefficient (Wildman–Crippen LogP) is 0.455. The van der Waals surface area contributed by atoms with E-state index >= 15 is 0 Å². The number of unbranched alkanes of at least 4 members (excludes halogenated alkanes) is 9. The minimum absolute atomic E-state index is 0. The Hall–Kier alpha value is 0.710. The Morgan fingerprint density at radius 1 is 0.533 bits per heavy atom. The smallest absolute Gasteiger partial charge is 0.726 e. The average Bonchev–Trinajstić information content (AvgIpc) is 2.67. The molecule has 0 aromatic heterocycles. The Kier molecular flexibility index (Phi) is 28.5. The molecule has 0 bridgehead atoms. The number of hydrogen-bond donors (Lipinski definition) is 0. The standard InChI is InChI=1S/C20H42O8S.Na/c1-2-3-4-5-6-7-8-9-10-11-12-24-13-14-25-15-16-26-17-18-27-19-20-28-29(21,22)23;/h2-20H2,1H3,(H,21,22,23);/q;+1/p-1. The first-order valence-electron chi connectivity index (χ1n) is 11.0. The van der Waals surface area contributed by atoms with Crippen LogP contribution >= 0.6 is 0 Å². The third-order valence-electron chi connectivity index (χ3n) is 4.21. The molecule has 30 heavy (non-hydrogen) atoms. The number of rotatable bonds is 24. The summed E-state index contributed by atoms with van der Waals surface area (Å²) < 4.78 is 55.8. The van der Waals surface area contributed by atoms with Gasteiger partial charge in [-0.2, -0.15) is 0 Å². The van der Waals surface area contributed by atoms with Crippen LogP contribution in [0, 0.1) is 0 Å².